The fourth-order valence-electron chi connectivity index (χ4n) is 2.59. The monoisotopic (exact) mass is 374 g/mol. The van der Waals surface area contributed by atoms with E-state index in [9.17, 15) is 13.2 Å². The van der Waals surface area contributed by atoms with E-state index in [4.69, 9.17) is 0 Å². The Bertz CT molecular complexity index is 839. The van der Waals surface area contributed by atoms with Crippen molar-refractivity contribution in [1.29, 1.82) is 0 Å². The van der Waals surface area contributed by atoms with Gasteiger partial charge in [0.15, 0.2) is 0 Å². The van der Waals surface area contributed by atoms with Crippen molar-refractivity contribution in [2.45, 2.75) is 38.0 Å². The highest BCUT2D eigenvalue weighted by molar-refractivity contribution is 7.89. The standard InChI is InChI=1S/C20H26N2O3S/c1-16(23)22(18-8-6-5-7-9-18)15-14-21-26(24,25)19-12-10-17(11-13-19)20(2,3)4/h5-13,21H,14-15H2,1-4H3. The summed E-state index contributed by atoms with van der Waals surface area (Å²) in [5.41, 5.74) is 1.78. The highest BCUT2D eigenvalue weighted by atomic mass is 32.2. The predicted molar refractivity (Wildman–Crippen MR) is 105 cm³/mol. The summed E-state index contributed by atoms with van der Waals surface area (Å²) in [6.07, 6.45) is 0. The van der Waals surface area contributed by atoms with E-state index in [2.05, 4.69) is 25.5 Å². The minimum absolute atomic E-state index is 0.0343. The van der Waals surface area contributed by atoms with Crippen molar-refractivity contribution in [3.8, 4) is 0 Å². The summed E-state index contributed by atoms with van der Waals surface area (Å²) in [6.45, 7) is 8.10. The van der Waals surface area contributed by atoms with Crippen molar-refractivity contribution in [3.63, 3.8) is 0 Å². The highest BCUT2D eigenvalue weighted by Crippen LogP contribution is 2.23. The lowest BCUT2D eigenvalue weighted by atomic mass is 9.87. The van der Waals surface area contributed by atoms with E-state index in [0.717, 1.165) is 11.3 Å². The van der Waals surface area contributed by atoms with Crippen LogP contribution in [0.25, 0.3) is 0 Å². The molecule has 2 aromatic carbocycles. The van der Waals surface area contributed by atoms with Gasteiger partial charge in [-0.05, 0) is 35.2 Å². The van der Waals surface area contributed by atoms with Crippen LogP contribution >= 0.6 is 0 Å². The first-order valence-corrected chi connectivity index (χ1v) is 10.0. The molecule has 0 heterocycles. The van der Waals surface area contributed by atoms with Crippen LogP contribution in [0.15, 0.2) is 59.5 Å². The van der Waals surface area contributed by atoms with Crippen LogP contribution in [-0.4, -0.2) is 27.4 Å². The fraction of sp³-hybridized carbons (Fsp3) is 0.350. The third-order valence-corrected chi connectivity index (χ3v) is 5.58. The van der Waals surface area contributed by atoms with Crippen molar-refractivity contribution in [3.05, 3.63) is 60.2 Å². The van der Waals surface area contributed by atoms with E-state index < -0.39 is 10.0 Å². The number of carbonyl (C=O) groups excluding carboxylic acids is 1. The second-order valence-electron chi connectivity index (χ2n) is 7.18. The van der Waals surface area contributed by atoms with Crippen LogP contribution in [0.4, 0.5) is 5.69 Å². The van der Waals surface area contributed by atoms with E-state index in [1.807, 2.05) is 42.5 Å². The SMILES string of the molecule is CC(=O)N(CCNS(=O)(=O)c1ccc(C(C)(C)C)cc1)c1ccccc1. The molecule has 0 aromatic heterocycles. The Labute approximate surface area is 156 Å². The highest BCUT2D eigenvalue weighted by Gasteiger charge is 2.18. The summed E-state index contributed by atoms with van der Waals surface area (Å²) in [6, 6.07) is 16.1. The maximum Gasteiger partial charge on any atom is 0.240 e. The average molecular weight is 375 g/mol. The van der Waals surface area contributed by atoms with Crippen LogP contribution < -0.4 is 9.62 Å². The first kappa shape index (κ1) is 20.1. The van der Waals surface area contributed by atoms with Crippen molar-refractivity contribution < 1.29 is 13.2 Å². The number of nitrogens with one attached hydrogen (secondary N) is 1. The summed E-state index contributed by atoms with van der Waals surface area (Å²) in [5.74, 6) is -0.134. The normalized spacial score (nSPS) is 12.0. The van der Waals surface area contributed by atoms with Gasteiger partial charge in [-0.3, -0.25) is 4.79 Å². The van der Waals surface area contributed by atoms with Crippen LogP contribution in [0.2, 0.25) is 0 Å². The molecule has 0 radical (unpaired) electrons. The lowest BCUT2D eigenvalue weighted by Crippen LogP contribution is -2.37. The molecule has 0 saturated heterocycles. The molecule has 0 fully saturated rings. The van der Waals surface area contributed by atoms with E-state index in [1.54, 1.807) is 17.0 Å². The van der Waals surface area contributed by atoms with Gasteiger partial charge >= 0.3 is 0 Å². The summed E-state index contributed by atoms with van der Waals surface area (Å²) < 4.78 is 27.5. The molecule has 0 spiro atoms. The van der Waals surface area contributed by atoms with Gasteiger partial charge in [-0.2, -0.15) is 0 Å². The van der Waals surface area contributed by atoms with Gasteiger partial charge in [0.05, 0.1) is 4.90 Å². The number of hydrogen-bond donors (Lipinski definition) is 1. The molecule has 0 saturated carbocycles. The van der Waals surface area contributed by atoms with Crippen LogP contribution in [-0.2, 0) is 20.2 Å². The zero-order chi connectivity index (χ0) is 19.4. The summed E-state index contributed by atoms with van der Waals surface area (Å²) in [7, 11) is -3.61. The number of hydrogen-bond acceptors (Lipinski definition) is 3. The largest absolute Gasteiger partial charge is 0.311 e. The molecule has 0 aliphatic heterocycles. The number of amides is 1. The smallest absolute Gasteiger partial charge is 0.240 e. The Hall–Kier alpha value is -2.18. The summed E-state index contributed by atoms with van der Waals surface area (Å²) in [4.78, 5) is 13.6. The predicted octanol–water partition coefficient (Wildman–Crippen LogP) is 3.32. The van der Waals surface area contributed by atoms with Gasteiger partial charge in [0, 0.05) is 25.7 Å². The first-order valence-electron chi connectivity index (χ1n) is 8.54. The number of sulfonamides is 1. The van der Waals surface area contributed by atoms with Gasteiger partial charge in [0.25, 0.3) is 0 Å². The van der Waals surface area contributed by atoms with E-state index in [1.165, 1.54) is 6.92 Å². The van der Waals surface area contributed by atoms with Crippen molar-refractivity contribution >= 4 is 21.6 Å². The van der Waals surface area contributed by atoms with E-state index in [-0.39, 0.29) is 29.3 Å². The zero-order valence-corrected chi connectivity index (χ0v) is 16.5. The van der Waals surface area contributed by atoms with Gasteiger partial charge in [0.1, 0.15) is 0 Å². The molecule has 2 rings (SSSR count). The minimum atomic E-state index is -3.61. The maximum absolute atomic E-state index is 12.5. The Balaban J connectivity index is 2.04. The molecule has 1 N–H and O–H groups in total. The van der Waals surface area contributed by atoms with Crippen molar-refractivity contribution in [2.75, 3.05) is 18.0 Å². The topological polar surface area (TPSA) is 66.5 Å². The minimum Gasteiger partial charge on any atom is -0.311 e. The molecule has 0 unspecified atom stereocenters. The third-order valence-electron chi connectivity index (χ3n) is 4.11. The molecule has 140 valence electrons. The second kappa shape index (κ2) is 8.01. The van der Waals surface area contributed by atoms with Crippen LogP contribution in [0.3, 0.4) is 0 Å². The second-order valence-corrected chi connectivity index (χ2v) is 8.95. The molecule has 2 aromatic rings. The number of nitrogens with zero attached hydrogens (tertiary/aromatic N) is 1. The van der Waals surface area contributed by atoms with Crippen LogP contribution in [0.1, 0.15) is 33.3 Å². The van der Waals surface area contributed by atoms with Gasteiger partial charge < -0.3 is 4.90 Å². The number of para-hydroxylation sites is 1. The molecular weight excluding hydrogens is 348 g/mol. The quantitative estimate of drug-likeness (QED) is 0.843. The average Bonchev–Trinajstić information content (AvgIpc) is 2.58. The number of anilines is 1. The lowest BCUT2D eigenvalue weighted by Gasteiger charge is -2.21. The van der Waals surface area contributed by atoms with Crippen LogP contribution in [0.5, 0.6) is 0 Å². The molecule has 0 aliphatic carbocycles. The third kappa shape index (κ3) is 5.16. The summed E-state index contributed by atoms with van der Waals surface area (Å²) in [5, 5.41) is 0. The molecule has 5 nitrogen and oxygen atoms in total. The van der Waals surface area contributed by atoms with E-state index in [0.29, 0.717) is 0 Å². The molecule has 26 heavy (non-hydrogen) atoms. The number of rotatable bonds is 6. The fourth-order valence-corrected chi connectivity index (χ4v) is 3.61. The van der Waals surface area contributed by atoms with Gasteiger partial charge in [-0.1, -0.05) is 51.1 Å². The lowest BCUT2D eigenvalue weighted by molar-refractivity contribution is -0.116. The zero-order valence-electron chi connectivity index (χ0n) is 15.7. The van der Waals surface area contributed by atoms with Crippen molar-refractivity contribution in [1.82, 2.24) is 4.72 Å². The molecule has 0 bridgehead atoms. The Morgan fingerprint density at radius 3 is 2.08 bits per heavy atom. The molecule has 1 amide bonds. The molecule has 6 heteroatoms. The van der Waals surface area contributed by atoms with Crippen LogP contribution in [0, 0.1) is 0 Å². The molecule has 0 aliphatic rings. The Morgan fingerprint density at radius 1 is 1.00 bits per heavy atom. The van der Waals surface area contributed by atoms with Gasteiger partial charge in [-0.15, -0.1) is 0 Å². The maximum atomic E-state index is 12.5. The number of benzene rings is 2. The van der Waals surface area contributed by atoms with Gasteiger partial charge in [0.2, 0.25) is 15.9 Å². The first-order chi connectivity index (χ1) is 12.1. The van der Waals surface area contributed by atoms with E-state index >= 15 is 0 Å². The van der Waals surface area contributed by atoms with Gasteiger partial charge in [-0.25, -0.2) is 13.1 Å². The Morgan fingerprint density at radius 2 is 1.58 bits per heavy atom. The molecule has 0 atom stereocenters. The van der Waals surface area contributed by atoms with Crippen molar-refractivity contribution in [2.24, 2.45) is 0 Å². The summed E-state index contributed by atoms with van der Waals surface area (Å²) >= 11 is 0. The molecular formula is C20H26N2O3S. The Kier molecular flexibility index (Phi) is 6.21. The number of carbonyl (C=O) groups is 1.